The van der Waals surface area contributed by atoms with Gasteiger partial charge in [-0.25, -0.2) is 8.78 Å². The number of hydrogen-bond donors (Lipinski definition) is 0. The molecule has 0 aromatic heterocycles. The minimum atomic E-state index is -0.652. The van der Waals surface area contributed by atoms with E-state index in [-0.39, 0.29) is 11.1 Å². The lowest BCUT2D eigenvalue weighted by Gasteiger charge is -2.40. The molecule has 1 amide bonds. The average molecular weight is 324 g/mol. The van der Waals surface area contributed by atoms with Gasteiger partial charge in [0.15, 0.2) is 0 Å². The van der Waals surface area contributed by atoms with Crippen LogP contribution in [0.4, 0.5) is 8.78 Å². The van der Waals surface area contributed by atoms with Gasteiger partial charge in [-0.2, -0.15) is 0 Å². The molecule has 0 unspecified atom stereocenters. The summed E-state index contributed by atoms with van der Waals surface area (Å²) >= 11 is 0. The molecule has 1 aromatic rings. The highest BCUT2D eigenvalue weighted by atomic mass is 19.1. The fourth-order valence-corrected chi connectivity index (χ4v) is 3.32. The predicted octanol–water partition coefficient (Wildman–Crippen LogP) is 2.21. The second kappa shape index (κ2) is 6.93. The third kappa shape index (κ3) is 3.53. The molecule has 0 bridgehead atoms. The first kappa shape index (κ1) is 16.3. The maximum atomic E-state index is 14.0. The molecule has 6 heteroatoms. The van der Waals surface area contributed by atoms with Crippen LogP contribution in [0.2, 0.25) is 0 Å². The van der Waals surface area contributed by atoms with Crippen molar-refractivity contribution < 1.29 is 18.3 Å². The lowest BCUT2D eigenvalue weighted by molar-refractivity contribution is 0.0136. The van der Waals surface area contributed by atoms with Crippen LogP contribution in [-0.4, -0.2) is 61.1 Å². The lowest BCUT2D eigenvalue weighted by atomic mass is 10.1. The number of carbonyl (C=O) groups excluding carboxylic acids is 1. The Labute approximate surface area is 135 Å². The Bertz CT molecular complexity index is 580. The molecule has 4 nitrogen and oxygen atoms in total. The summed E-state index contributed by atoms with van der Waals surface area (Å²) in [5.41, 5.74) is 0.0380. The summed E-state index contributed by atoms with van der Waals surface area (Å²) in [5, 5.41) is 0. The van der Waals surface area contributed by atoms with Crippen molar-refractivity contribution in [3.05, 3.63) is 34.9 Å². The van der Waals surface area contributed by atoms with Gasteiger partial charge in [0.25, 0.3) is 5.91 Å². The van der Waals surface area contributed by atoms with Gasteiger partial charge in [-0.3, -0.25) is 9.69 Å². The summed E-state index contributed by atoms with van der Waals surface area (Å²) in [4.78, 5) is 16.4. The standard InChI is InChI=1S/C17H22F2N2O2/c1-12-10-16(19)14(11-15(12)18)17(22)21-6-4-20(5-7-21)13-2-8-23-9-3-13/h10-11,13H,2-9H2,1H3. The van der Waals surface area contributed by atoms with E-state index in [4.69, 9.17) is 4.74 Å². The molecular weight excluding hydrogens is 302 g/mol. The molecule has 0 radical (unpaired) electrons. The molecular formula is C17H22F2N2O2. The van der Waals surface area contributed by atoms with Crippen LogP contribution in [0.1, 0.15) is 28.8 Å². The molecule has 2 heterocycles. The van der Waals surface area contributed by atoms with E-state index >= 15 is 0 Å². The highest BCUT2D eigenvalue weighted by Gasteiger charge is 2.29. The smallest absolute Gasteiger partial charge is 0.257 e. The van der Waals surface area contributed by atoms with Gasteiger partial charge < -0.3 is 9.64 Å². The molecule has 3 rings (SSSR count). The summed E-state index contributed by atoms with van der Waals surface area (Å²) < 4.78 is 33.0. The van der Waals surface area contributed by atoms with Crippen LogP contribution in [0.3, 0.4) is 0 Å². The van der Waals surface area contributed by atoms with Gasteiger partial charge in [0, 0.05) is 45.4 Å². The zero-order chi connectivity index (χ0) is 16.4. The van der Waals surface area contributed by atoms with Crippen LogP contribution in [0, 0.1) is 18.6 Å². The van der Waals surface area contributed by atoms with Crippen molar-refractivity contribution in [1.82, 2.24) is 9.80 Å². The number of halogens is 2. The van der Waals surface area contributed by atoms with Gasteiger partial charge >= 0.3 is 0 Å². The molecule has 0 N–H and O–H groups in total. The molecule has 2 saturated heterocycles. The molecule has 0 saturated carbocycles. The molecule has 0 aliphatic carbocycles. The van der Waals surface area contributed by atoms with E-state index in [2.05, 4.69) is 4.90 Å². The SMILES string of the molecule is Cc1cc(F)c(C(=O)N2CCN(C3CCOCC3)CC2)cc1F. The number of aryl methyl sites for hydroxylation is 1. The number of ether oxygens (including phenoxy) is 1. The molecule has 2 aliphatic rings. The maximum absolute atomic E-state index is 14.0. The maximum Gasteiger partial charge on any atom is 0.257 e. The van der Waals surface area contributed by atoms with Gasteiger partial charge in [0.1, 0.15) is 11.6 Å². The van der Waals surface area contributed by atoms with Crippen molar-refractivity contribution in [3.8, 4) is 0 Å². The van der Waals surface area contributed by atoms with E-state index in [1.165, 1.54) is 6.92 Å². The largest absolute Gasteiger partial charge is 0.381 e. The molecule has 2 fully saturated rings. The molecule has 126 valence electrons. The average Bonchev–Trinajstić information content (AvgIpc) is 2.58. The lowest BCUT2D eigenvalue weighted by Crippen LogP contribution is -2.53. The Kier molecular flexibility index (Phi) is 4.92. The summed E-state index contributed by atoms with van der Waals surface area (Å²) in [6.45, 7) is 5.70. The zero-order valence-corrected chi connectivity index (χ0v) is 13.4. The predicted molar refractivity (Wildman–Crippen MR) is 82.4 cm³/mol. The number of carbonyl (C=O) groups is 1. The van der Waals surface area contributed by atoms with Crippen LogP contribution >= 0.6 is 0 Å². The van der Waals surface area contributed by atoms with Gasteiger partial charge in [0.2, 0.25) is 0 Å². The van der Waals surface area contributed by atoms with Crippen molar-refractivity contribution in [2.75, 3.05) is 39.4 Å². The minimum absolute atomic E-state index is 0.174. The van der Waals surface area contributed by atoms with Crippen LogP contribution < -0.4 is 0 Å². The summed E-state index contributed by atoms with van der Waals surface area (Å²) in [5.74, 6) is -1.62. The number of hydrogen-bond acceptors (Lipinski definition) is 3. The van der Waals surface area contributed by atoms with E-state index in [0.717, 1.165) is 51.3 Å². The molecule has 0 spiro atoms. The highest BCUT2D eigenvalue weighted by molar-refractivity contribution is 5.94. The Morgan fingerprint density at radius 1 is 1.09 bits per heavy atom. The highest BCUT2D eigenvalue weighted by Crippen LogP contribution is 2.20. The Balaban J connectivity index is 1.63. The van der Waals surface area contributed by atoms with Gasteiger partial charge in [-0.1, -0.05) is 0 Å². The number of piperazine rings is 1. The fraction of sp³-hybridized carbons (Fsp3) is 0.588. The first-order chi connectivity index (χ1) is 11.1. The number of benzene rings is 1. The van der Waals surface area contributed by atoms with Crippen molar-refractivity contribution >= 4 is 5.91 Å². The first-order valence-corrected chi connectivity index (χ1v) is 8.13. The quantitative estimate of drug-likeness (QED) is 0.836. The van der Waals surface area contributed by atoms with Crippen molar-refractivity contribution in [2.24, 2.45) is 0 Å². The summed E-state index contributed by atoms with van der Waals surface area (Å²) in [7, 11) is 0. The Hall–Kier alpha value is -1.53. The zero-order valence-electron chi connectivity index (χ0n) is 13.4. The number of nitrogens with zero attached hydrogens (tertiary/aromatic N) is 2. The number of amides is 1. The minimum Gasteiger partial charge on any atom is -0.381 e. The monoisotopic (exact) mass is 324 g/mol. The molecule has 1 aromatic carbocycles. The van der Waals surface area contributed by atoms with Gasteiger partial charge in [-0.05, 0) is 37.5 Å². The topological polar surface area (TPSA) is 32.8 Å². The van der Waals surface area contributed by atoms with E-state index in [9.17, 15) is 13.6 Å². The van der Waals surface area contributed by atoms with Crippen LogP contribution in [0.25, 0.3) is 0 Å². The molecule has 23 heavy (non-hydrogen) atoms. The normalized spacial score (nSPS) is 20.7. The second-order valence-corrected chi connectivity index (χ2v) is 6.25. The Morgan fingerprint density at radius 2 is 1.74 bits per heavy atom. The van der Waals surface area contributed by atoms with E-state index in [0.29, 0.717) is 19.1 Å². The van der Waals surface area contributed by atoms with Gasteiger partial charge in [-0.15, -0.1) is 0 Å². The second-order valence-electron chi connectivity index (χ2n) is 6.25. The van der Waals surface area contributed by atoms with Crippen molar-refractivity contribution in [1.29, 1.82) is 0 Å². The summed E-state index contributed by atoms with van der Waals surface area (Å²) in [6.07, 6.45) is 2.04. The van der Waals surface area contributed by atoms with E-state index in [1.807, 2.05) is 0 Å². The van der Waals surface area contributed by atoms with Crippen LogP contribution in [0.5, 0.6) is 0 Å². The van der Waals surface area contributed by atoms with Crippen molar-refractivity contribution in [2.45, 2.75) is 25.8 Å². The van der Waals surface area contributed by atoms with Crippen LogP contribution in [0.15, 0.2) is 12.1 Å². The fourth-order valence-electron chi connectivity index (χ4n) is 3.32. The Morgan fingerprint density at radius 3 is 2.39 bits per heavy atom. The van der Waals surface area contributed by atoms with Crippen LogP contribution in [-0.2, 0) is 4.74 Å². The third-order valence-corrected chi connectivity index (χ3v) is 4.79. The van der Waals surface area contributed by atoms with Crippen molar-refractivity contribution in [3.63, 3.8) is 0 Å². The van der Waals surface area contributed by atoms with E-state index in [1.54, 1.807) is 4.90 Å². The summed E-state index contributed by atoms with van der Waals surface area (Å²) in [6, 6.07) is 2.60. The molecule has 0 atom stereocenters. The van der Waals surface area contributed by atoms with E-state index < -0.39 is 17.5 Å². The van der Waals surface area contributed by atoms with Gasteiger partial charge in [0.05, 0.1) is 5.56 Å². The molecule has 2 aliphatic heterocycles. The third-order valence-electron chi connectivity index (χ3n) is 4.79. The number of rotatable bonds is 2. The first-order valence-electron chi connectivity index (χ1n) is 8.13.